The number of phenols is 4. The van der Waals surface area contributed by atoms with Gasteiger partial charge in [0, 0.05) is 18.2 Å². The summed E-state index contributed by atoms with van der Waals surface area (Å²) in [7, 11) is 0. The standard InChI is InChI=1S/C21H20O10/c1-8-17(26)18(27)19(28)21(29-8)31-16-7-11-13(24)5-10(22)6-15(11)30-20(16)9-2-3-12(23)14(25)4-9/h2-8,17-19,21,26-28H,1H3,(H3-,22,23,24,25)/p+1/t8-,17-,18+,19+,21-/m0/s1. The Morgan fingerprint density at radius 3 is 2.29 bits per heavy atom. The van der Waals surface area contributed by atoms with Crippen molar-refractivity contribution in [2.75, 3.05) is 0 Å². The minimum atomic E-state index is -1.60. The lowest BCUT2D eigenvalue weighted by Crippen LogP contribution is -2.58. The summed E-state index contributed by atoms with van der Waals surface area (Å²) in [6.07, 6.45) is -6.71. The van der Waals surface area contributed by atoms with E-state index in [9.17, 15) is 35.7 Å². The van der Waals surface area contributed by atoms with Crippen LogP contribution in [-0.2, 0) is 4.74 Å². The Bertz CT molecular complexity index is 1130. The summed E-state index contributed by atoms with van der Waals surface area (Å²) in [6.45, 7) is 1.49. The third-order valence-corrected chi connectivity index (χ3v) is 5.11. The Hall–Kier alpha value is -3.31. The monoisotopic (exact) mass is 433 g/mol. The highest BCUT2D eigenvalue weighted by molar-refractivity contribution is 5.88. The van der Waals surface area contributed by atoms with E-state index in [1.54, 1.807) is 0 Å². The molecular weight excluding hydrogens is 412 g/mol. The zero-order valence-corrected chi connectivity index (χ0v) is 16.2. The van der Waals surface area contributed by atoms with Gasteiger partial charge in [-0.05, 0) is 19.1 Å². The number of fused-ring (bicyclic) bond motifs is 1. The van der Waals surface area contributed by atoms with E-state index in [4.69, 9.17) is 13.9 Å². The Kier molecular flexibility index (Phi) is 5.23. The maximum absolute atomic E-state index is 10.3. The Morgan fingerprint density at radius 2 is 1.58 bits per heavy atom. The molecule has 0 bridgehead atoms. The molecule has 2 heterocycles. The molecule has 0 amide bonds. The second kappa shape index (κ2) is 7.75. The van der Waals surface area contributed by atoms with Gasteiger partial charge in [0.05, 0.1) is 17.7 Å². The maximum atomic E-state index is 10.3. The van der Waals surface area contributed by atoms with Gasteiger partial charge in [0.15, 0.2) is 11.5 Å². The Morgan fingerprint density at radius 1 is 0.839 bits per heavy atom. The van der Waals surface area contributed by atoms with Gasteiger partial charge in [0.1, 0.15) is 35.2 Å². The van der Waals surface area contributed by atoms with Crippen LogP contribution in [0.4, 0.5) is 0 Å². The number of ether oxygens (including phenoxy) is 2. The minimum absolute atomic E-state index is 0.0110. The molecule has 1 fully saturated rings. The van der Waals surface area contributed by atoms with Crippen molar-refractivity contribution in [1.29, 1.82) is 0 Å². The molecule has 10 heteroatoms. The maximum Gasteiger partial charge on any atom is 0.402 e. The van der Waals surface area contributed by atoms with Crippen molar-refractivity contribution in [3.05, 3.63) is 36.4 Å². The fourth-order valence-corrected chi connectivity index (χ4v) is 3.37. The van der Waals surface area contributed by atoms with Crippen LogP contribution in [0, 0.1) is 0 Å². The molecule has 0 aliphatic carbocycles. The van der Waals surface area contributed by atoms with Crippen molar-refractivity contribution in [1.82, 2.24) is 0 Å². The molecule has 5 atom stereocenters. The highest BCUT2D eigenvalue weighted by atomic mass is 16.7. The van der Waals surface area contributed by atoms with Crippen LogP contribution in [0.25, 0.3) is 22.3 Å². The third-order valence-electron chi connectivity index (χ3n) is 5.11. The van der Waals surface area contributed by atoms with Crippen molar-refractivity contribution in [2.45, 2.75) is 37.6 Å². The van der Waals surface area contributed by atoms with Gasteiger partial charge >= 0.3 is 11.3 Å². The number of hydrogen-bond donors (Lipinski definition) is 7. The Labute approximate surface area is 175 Å². The topological polar surface area (TPSA) is 171 Å². The molecule has 0 unspecified atom stereocenters. The summed E-state index contributed by atoms with van der Waals surface area (Å²) < 4.78 is 17.0. The van der Waals surface area contributed by atoms with Crippen LogP contribution in [0.1, 0.15) is 6.92 Å². The number of rotatable bonds is 3. The molecule has 1 aliphatic heterocycles. The largest absolute Gasteiger partial charge is 0.507 e. The highest BCUT2D eigenvalue weighted by Crippen LogP contribution is 2.42. The van der Waals surface area contributed by atoms with Crippen LogP contribution in [0.3, 0.4) is 0 Å². The molecule has 7 N–H and O–H groups in total. The van der Waals surface area contributed by atoms with Crippen molar-refractivity contribution in [3.63, 3.8) is 0 Å². The lowest BCUT2D eigenvalue weighted by Gasteiger charge is -2.38. The van der Waals surface area contributed by atoms with E-state index < -0.39 is 36.5 Å². The van der Waals surface area contributed by atoms with Gasteiger partial charge in [-0.3, -0.25) is 0 Å². The average Bonchev–Trinajstić information content (AvgIpc) is 2.72. The van der Waals surface area contributed by atoms with Gasteiger partial charge in [0.25, 0.3) is 0 Å². The molecule has 31 heavy (non-hydrogen) atoms. The van der Waals surface area contributed by atoms with Crippen LogP contribution in [0.5, 0.6) is 28.7 Å². The summed E-state index contributed by atoms with van der Waals surface area (Å²) in [5.41, 5.74) is 0.343. The van der Waals surface area contributed by atoms with E-state index in [2.05, 4.69) is 0 Å². The minimum Gasteiger partial charge on any atom is -0.507 e. The van der Waals surface area contributed by atoms with Crippen LogP contribution in [0.2, 0.25) is 0 Å². The molecule has 0 saturated carbocycles. The second-order valence-corrected chi connectivity index (χ2v) is 7.32. The average molecular weight is 433 g/mol. The highest BCUT2D eigenvalue weighted by Gasteiger charge is 2.44. The van der Waals surface area contributed by atoms with Gasteiger partial charge in [-0.1, -0.05) is 0 Å². The predicted octanol–water partition coefficient (Wildman–Crippen LogP) is 1.41. The predicted molar refractivity (Wildman–Crippen MR) is 106 cm³/mol. The molecule has 2 aromatic carbocycles. The quantitative estimate of drug-likeness (QED) is 0.237. The van der Waals surface area contributed by atoms with E-state index in [-0.39, 0.29) is 45.3 Å². The molecule has 10 nitrogen and oxygen atoms in total. The molecular formula is C21H21O10+. The van der Waals surface area contributed by atoms with Gasteiger partial charge in [0.2, 0.25) is 12.0 Å². The van der Waals surface area contributed by atoms with Gasteiger partial charge in [-0.15, -0.1) is 0 Å². The smallest absolute Gasteiger partial charge is 0.402 e. The van der Waals surface area contributed by atoms with Gasteiger partial charge < -0.3 is 45.2 Å². The molecule has 3 aromatic rings. The second-order valence-electron chi connectivity index (χ2n) is 7.32. The summed E-state index contributed by atoms with van der Waals surface area (Å²) in [6, 6.07) is 7.58. The lowest BCUT2D eigenvalue weighted by molar-refractivity contribution is -0.268. The fourth-order valence-electron chi connectivity index (χ4n) is 3.37. The molecule has 1 aromatic heterocycles. The van der Waals surface area contributed by atoms with Crippen molar-refractivity contribution >= 4 is 11.0 Å². The van der Waals surface area contributed by atoms with Gasteiger partial charge in [-0.25, -0.2) is 4.42 Å². The molecule has 0 spiro atoms. The molecule has 4 rings (SSSR count). The van der Waals surface area contributed by atoms with E-state index in [1.807, 2.05) is 0 Å². The normalized spacial score (nSPS) is 26.1. The lowest BCUT2D eigenvalue weighted by atomic mass is 10.00. The van der Waals surface area contributed by atoms with Crippen molar-refractivity contribution in [2.24, 2.45) is 0 Å². The number of phenolic OH excluding ortho intramolecular Hbond substituents is 4. The molecule has 164 valence electrons. The summed E-state index contributed by atoms with van der Waals surface area (Å²) in [5, 5.41) is 69.8. The van der Waals surface area contributed by atoms with Crippen molar-refractivity contribution < 1.29 is 49.6 Å². The molecule has 1 aliphatic rings. The molecule has 0 radical (unpaired) electrons. The first kappa shape index (κ1) is 20.9. The number of aliphatic hydroxyl groups is 3. The fraction of sp³-hybridized carbons (Fsp3) is 0.286. The first-order valence-electron chi connectivity index (χ1n) is 9.37. The zero-order chi connectivity index (χ0) is 22.4. The van der Waals surface area contributed by atoms with Crippen molar-refractivity contribution in [3.8, 4) is 40.1 Å². The van der Waals surface area contributed by atoms with Crippen LogP contribution >= 0.6 is 0 Å². The Balaban J connectivity index is 1.85. The number of aliphatic hydroxyl groups excluding tert-OH is 3. The third kappa shape index (κ3) is 3.77. The van der Waals surface area contributed by atoms with E-state index in [0.717, 1.165) is 6.07 Å². The first-order chi connectivity index (χ1) is 14.7. The summed E-state index contributed by atoms with van der Waals surface area (Å²) in [5.74, 6) is -1.38. The SMILES string of the molecule is C[C@@H]1O[C@@H](Oc2cc3c(O)cc(O)cc3[o+]c2-c2ccc(O)c(O)c2)[C@H](O)[C@H](O)[C@H]1O. The van der Waals surface area contributed by atoms with Gasteiger partial charge in [-0.2, -0.15) is 0 Å². The summed E-state index contributed by atoms with van der Waals surface area (Å²) >= 11 is 0. The number of hydrogen-bond acceptors (Lipinski definition) is 9. The summed E-state index contributed by atoms with van der Waals surface area (Å²) in [4.78, 5) is 0. The first-order valence-corrected chi connectivity index (χ1v) is 9.37. The zero-order valence-electron chi connectivity index (χ0n) is 16.2. The number of aromatic hydroxyl groups is 4. The number of benzene rings is 2. The van der Waals surface area contributed by atoms with Crippen LogP contribution in [-0.4, -0.2) is 66.5 Å². The van der Waals surface area contributed by atoms with E-state index in [1.165, 1.54) is 37.3 Å². The molecule has 1 saturated heterocycles. The van der Waals surface area contributed by atoms with E-state index >= 15 is 0 Å². The van der Waals surface area contributed by atoms with Crippen LogP contribution in [0.15, 0.2) is 40.8 Å². The van der Waals surface area contributed by atoms with E-state index in [0.29, 0.717) is 0 Å². The van der Waals surface area contributed by atoms with Crippen LogP contribution < -0.4 is 4.74 Å².